The molecule has 3 rings (SSSR count). The van der Waals surface area contributed by atoms with Gasteiger partial charge in [0.25, 0.3) is 0 Å². The predicted octanol–water partition coefficient (Wildman–Crippen LogP) is 1.14. The van der Waals surface area contributed by atoms with Gasteiger partial charge in [0.05, 0.1) is 11.0 Å². The van der Waals surface area contributed by atoms with Crippen molar-refractivity contribution in [2.45, 2.75) is 26.8 Å². The molecular weight excluding hydrogens is 292 g/mol. The molecule has 0 spiro atoms. The van der Waals surface area contributed by atoms with Crippen LogP contribution in [0.15, 0.2) is 24.3 Å². The number of imidazole rings is 1. The SMILES string of the molecule is Cc1nc(C)n(CC(=O)NCCc2nc3ccccc3n2C)n1. The van der Waals surface area contributed by atoms with E-state index in [-0.39, 0.29) is 12.5 Å². The number of aromatic nitrogens is 5. The summed E-state index contributed by atoms with van der Waals surface area (Å²) in [4.78, 5) is 20.8. The summed E-state index contributed by atoms with van der Waals surface area (Å²) in [5, 5.41) is 7.09. The molecule has 2 heterocycles. The van der Waals surface area contributed by atoms with Crippen LogP contribution < -0.4 is 5.32 Å². The fraction of sp³-hybridized carbons (Fsp3) is 0.375. The van der Waals surface area contributed by atoms with Gasteiger partial charge in [-0.3, -0.25) is 4.79 Å². The molecule has 1 amide bonds. The van der Waals surface area contributed by atoms with Crippen molar-refractivity contribution in [1.82, 2.24) is 29.6 Å². The normalized spacial score (nSPS) is 11.1. The van der Waals surface area contributed by atoms with Crippen LogP contribution in [0.25, 0.3) is 11.0 Å². The number of rotatable bonds is 5. The molecule has 23 heavy (non-hydrogen) atoms. The molecule has 0 aliphatic heterocycles. The third kappa shape index (κ3) is 3.23. The lowest BCUT2D eigenvalue weighted by molar-refractivity contribution is -0.121. The van der Waals surface area contributed by atoms with Crippen molar-refractivity contribution in [2.24, 2.45) is 7.05 Å². The number of fused-ring (bicyclic) bond motifs is 1. The molecule has 3 aromatic rings. The number of amides is 1. The summed E-state index contributed by atoms with van der Waals surface area (Å²) in [6.45, 7) is 4.39. The zero-order valence-electron chi connectivity index (χ0n) is 13.6. The Bertz CT molecular complexity index is 847. The van der Waals surface area contributed by atoms with Gasteiger partial charge in [-0.05, 0) is 26.0 Å². The molecule has 1 aromatic carbocycles. The number of benzene rings is 1. The summed E-state index contributed by atoms with van der Waals surface area (Å²) < 4.78 is 3.67. The lowest BCUT2D eigenvalue weighted by atomic mass is 10.3. The molecule has 0 radical (unpaired) electrons. The van der Waals surface area contributed by atoms with Gasteiger partial charge in [0.15, 0.2) is 0 Å². The standard InChI is InChI=1S/C16H20N6O/c1-11-18-12(2)22(20-11)10-16(23)17-9-8-15-19-13-6-4-5-7-14(13)21(15)3/h4-7H,8-10H2,1-3H3,(H,17,23). The number of nitrogens with zero attached hydrogens (tertiary/aromatic N) is 5. The third-order valence-electron chi connectivity index (χ3n) is 3.81. The van der Waals surface area contributed by atoms with E-state index in [9.17, 15) is 4.79 Å². The van der Waals surface area contributed by atoms with Crippen LogP contribution in [0.3, 0.4) is 0 Å². The minimum Gasteiger partial charge on any atom is -0.354 e. The first-order valence-electron chi connectivity index (χ1n) is 7.59. The molecule has 120 valence electrons. The van der Waals surface area contributed by atoms with Gasteiger partial charge in [-0.25, -0.2) is 14.6 Å². The maximum atomic E-state index is 12.0. The minimum atomic E-state index is -0.0724. The Morgan fingerprint density at radius 1 is 1.22 bits per heavy atom. The van der Waals surface area contributed by atoms with Gasteiger partial charge in [-0.15, -0.1) is 0 Å². The highest BCUT2D eigenvalue weighted by Gasteiger charge is 2.10. The maximum absolute atomic E-state index is 12.0. The van der Waals surface area contributed by atoms with E-state index < -0.39 is 0 Å². The molecule has 7 heteroatoms. The van der Waals surface area contributed by atoms with Crippen molar-refractivity contribution in [2.75, 3.05) is 6.54 Å². The van der Waals surface area contributed by atoms with Crippen molar-refractivity contribution in [3.05, 3.63) is 41.7 Å². The first-order valence-corrected chi connectivity index (χ1v) is 7.59. The van der Waals surface area contributed by atoms with E-state index in [2.05, 4.69) is 25.0 Å². The van der Waals surface area contributed by atoms with Crippen LogP contribution in [-0.2, 0) is 24.8 Å². The molecule has 1 N–H and O–H groups in total. The molecule has 0 unspecified atom stereocenters. The van der Waals surface area contributed by atoms with Gasteiger partial charge >= 0.3 is 0 Å². The third-order valence-corrected chi connectivity index (χ3v) is 3.81. The summed E-state index contributed by atoms with van der Waals surface area (Å²) in [6.07, 6.45) is 0.687. The second kappa shape index (κ2) is 6.20. The van der Waals surface area contributed by atoms with Crippen molar-refractivity contribution >= 4 is 16.9 Å². The number of hydrogen-bond donors (Lipinski definition) is 1. The minimum absolute atomic E-state index is 0.0724. The number of hydrogen-bond acceptors (Lipinski definition) is 4. The second-order valence-corrected chi connectivity index (χ2v) is 5.54. The molecule has 0 fully saturated rings. The average molecular weight is 312 g/mol. The molecule has 0 atom stereocenters. The zero-order chi connectivity index (χ0) is 16.4. The zero-order valence-corrected chi connectivity index (χ0v) is 13.6. The molecule has 0 aliphatic rings. The van der Waals surface area contributed by atoms with Crippen molar-refractivity contribution in [1.29, 1.82) is 0 Å². The van der Waals surface area contributed by atoms with Crippen LogP contribution in [0, 0.1) is 13.8 Å². The Hall–Kier alpha value is -2.70. The van der Waals surface area contributed by atoms with E-state index in [0.29, 0.717) is 18.8 Å². The number of nitrogens with one attached hydrogen (secondary N) is 1. The highest BCUT2D eigenvalue weighted by molar-refractivity contribution is 5.76. The summed E-state index contributed by atoms with van der Waals surface area (Å²) in [5.41, 5.74) is 2.08. The van der Waals surface area contributed by atoms with Crippen molar-refractivity contribution in [3.8, 4) is 0 Å². The predicted molar refractivity (Wildman–Crippen MR) is 86.9 cm³/mol. The van der Waals surface area contributed by atoms with Crippen LogP contribution in [0.4, 0.5) is 0 Å². The van der Waals surface area contributed by atoms with Gasteiger partial charge in [0, 0.05) is 20.0 Å². The number of aryl methyl sites for hydroxylation is 3. The molecule has 2 aromatic heterocycles. The quantitative estimate of drug-likeness (QED) is 0.766. The summed E-state index contributed by atoms with van der Waals surface area (Å²) in [7, 11) is 1.99. The smallest absolute Gasteiger partial charge is 0.241 e. The van der Waals surface area contributed by atoms with Crippen molar-refractivity contribution < 1.29 is 4.79 Å². The monoisotopic (exact) mass is 312 g/mol. The Morgan fingerprint density at radius 2 is 2.00 bits per heavy atom. The summed E-state index contributed by atoms with van der Waals surface area (Å²) in [5.74, 6) is 2.30. The van der Waals surface area contributed by atoms with E-state index in [1.54, 1.807) is 4.68 Å². The maximum Gasteiger partial charge on any atom is 0.241 e. The largest absolute Gasteiger partial charge is 0.354 e. The molecule has 0 aliphatic carbocycles. The van der Waals surface area contributed by atoms with Crippen LogP contribution in [-0.4, -0.2) is 36.8 Å². The Kier molecular flexibility index (Phi) is 4.10. The van der Waals surface area contributed by atoms with Crippen LogP contribution >= 0.6 is 0 Å². The van der Waals surface area contributed by atoms with Crippen LogP contribution in [0.2, 0.25) is 0 Å². The van der Waals surface area contributed by atoms with Crippen molar-refractivity contribution in [3.63, 3.8) is 0 Å². The topological polar surface area (TPSA) is 77.6 Å². The number of carbonyl (C=O) groups excluding carboxylic acids is 1. The molecular formula is C16H20N6O. The number of carbonyl (C=O) groups is 1. The van der Waals surface area contributed by atoms with E-state index in [0.717, 1.165) is 22.7 Å². The lowest BCUT2D eigenvalue weighted by Crippen LogP contribution is -2.30. The lowest BCUT2D eigenvalue weighted by Gasteiger charge is -2.06. The van der Waals surface area contributed by atoms with E-state index in [1.165, 1.54) is 0 Å². The summed E-state index contributed by atoms with van der Waals surface area (Å²) in [6, 6.07) is 8.01. The Balaban J connectivity index is 1.57. The van der Waals surface area contributed by atoms with Gasteiger partial charge in [-0.2, -0.15) is 5.10 Å². The molecule has 7 nitrogen and oxygen atoms in total. The molecule has 0 saturated carbocycles. The Labute approximate surface area is 134 Å². The summed E-state index contributed by atoms with van der Waals surface area (Å²) >= 11 is 0. The van der Waals surface area contributed by atoms with E-state index >= 15 is 0 Å². The van der Waals surface area contributed by atoms with E-state index in [4.69, 9.17) is 0 Å². The van der Waals surface area contributed by atoms with Gasteiger partial charge in [0.2, 0.25) is 5.91 Å². The average Bonchev–Trinajstić information content (AvgIpc) is 3.00. The highest BCUT2D eigenvalue weighted by Crippen LogP contribution is 2.14. The highest BCUT2D eigenvalue weighted by atomic mass is 16.2. The van der Waals surface area contributed by atoms with Gasteiger partial charge in [-0.1, -0.05) is 12.1 Å². The van der Waals surface area contributed by atoms with E-state index in [1.807, 2.05) is 45.2 Å². The molecule has 0 saturated heterocycles. The van der Waals surface area contributed by atoms with Crippen LogP contribution in [0.5, 0.6) is 0 Å². The first kappa shape index (κ1) is 15.2. The fourth-order valence-electron chi connectivity index (χ4n) is 2.64. The van der Waals surface area contributed by atoms with Crippen LogP contribution in [0.1, 0.15) is 17.5 Å². The van der Waals surface area contributed by atoms with Gasteiger partial charge < -0.3 is 9.88 Å². The Morgan fingerprint density at radius 3 is 2.70 bits per heavy atom. The first-order chi connectivity index (χ1) is 11.0. The second-order valence-electron chi connectivity index (χ2n) is 5.54. The number of para-hydroxylation sites is 2. The molecule has 0 bridgehead atoms. The van der Waals surface area contributed by atoms with Gasteiger partial charge in [0.1, 0.15) is 24.0 Å². The fourth-order valence-corrected chi connectivity index (χ4v) is 2.64.